The minimum atomic E-state index is -0.919. The van der Waals surface area contributed by atoms with Gasteiger partial charge < -0.3 is 19.4 Å². The van der Waals surface area contributed by atoms with E-state index in [9.17, 15) is 9.59 Å². The van der Waals surface area contributed by atoms with E-state index in [2.05, 4.69) is 10.3 Å². The molecule has 0 bridgehead atoms. The summed E-state index contributed by atoms with van der Waals surface area (Å²) in [5, 5.41) is 3.29. The number of unbranched alkanes of at least 4 members (excludes halogenated alkanes) is 1. The van der Waals surface area contributed by atoms with Crippen LogP contribution >= 0.6 is 0 Å². The van der Waals surface area contributed by atoms with Gasteiger partial charge in [-0.2, -0.15) is 0 Å². The van der Waals surface area contributed by atoms with Gasteiger partial charge in [-0.05, 0) is 37.2 Å². The van der Waals surface area contributed by atoms with E-state index in [1.165, 1.54) is 0 Å². The zero-order chi connectivity index (χ0) is 20.3. The summed E-state index contributed by atoms with van der Waals surface area (Å²) in [6, 6.07) is 5.64. The molecule has 1 aromatic heterocycles. The van der Waals surface area contributed by atoms with Gasteiger partial charge in [0, 0.05) is 31.8 Å². The van der Waals surface area contributed by atoms with Crippen molar-refractivity contribution in [3.05, 3.63) is 48.0 Å². The number of imidazole rings is 1. The van der Waals surface area contributed by atoms with Crippen LogP contribution in [-0.4, -0.2) is 46.6 Å². The minimum Gasteiger partial charge on any atom is -0.485 e. The second kappa shape index (κ2) is 8.37. The maximum atomic E-state index is 13.5. The summed E-state index contributed by atoms with van der Waals surface area (Å²) < 4.78 is 13.8. The average molecular weight is 397 g/mol. The zero-order valence-electron chi connectivity index (χ0n) is 16.7. The lowest BCUT2D eigenvalue weighted by Crippen LogP contribution is -2.58. The predicted molar refractivity (Wildman–Crippen MR) is 107 cm³/mol. The molecule has 0 saturated carbocycles. The molecule has 29 heavy (non-hydrogen) atoms. The Morgan fingerprint density at radius 1 is 1.38 bits per heavy atom. The molecular weight excluding hydrogens is 370 g/mol. The summed E-state index contributed by atoms with van der Waals surface area (Å²) in [7, 11) is 0. The van der Waals surface area contributed by atoms with Crippen molar-refractivity contribution in [3.8, 4) is 5.75 Å². The highest BCUT2D eigenvalue weighted by Gasteiger charge is 2.54. The van der Waals surface area contributed by atoms with E-state index in [1.807, 2.05) is 35.9 Å². The van der Waals surface area contributed by atoms with Crippen LogP contribution in [0.25, 0.3) is 0 Å². The topological polar surface area (TPSA) is 82.5 Å². The van der Waals surface area contributed by atoms with Gasteiger partial charge in [0.1, 0.15) is 11.4 Å². The molecule has 2 aliphatic rings. The number of carbonyl (C=O) groups is 2. The van der Waals surface area contributed by atoms with E-state index < -0.39 is 17.5 Å². The molecule has 1 unspecified atom stereocenters. The Hall–Kier alpha value is -2.67. The standard InChI is InChI=1S/C22H27N3O4/c1-2-3-12-28-21(27)19-20(26)17-13-16(14-25-11-10-24-15-25)4-5-18(17)29-22(19)6-8-23-9-7-22/h4-5,10-11,13,15,19,23H,2-3,6-9,12,14H2,1H3. The molecule has 2 aliphatic heterocycles. The number of piperidine rings is 1. The zero-order valence-corrected chi connectivity index (χ0v) is 16.7. The van der Waals surface area contributed by atoms with E-state index >= 15 is 0 Å². The fraction of sp³-hybridized carbons (Fsp3) is 0.500. The lowest BCUT2D eigenvalue weighted by molar-refractivity contribution is -0.156. The first kappa shape index (κ1) is 19.6. The molecule has 154 valence electrons. The molecule has 1 atom stereocenters. The number of hydrogen-bond donors (Lipinski definition) is 1. The minimum absolute atomic E-state index is 0.192. The number of rotatable bonds is 6. The summed E-state index contributed by atoms with van der Waals surface area (Å²) in [4.78, 5) is 30.5. The van der Waals surface area contributed by atoms with Crippen molar-refractivity contribution in [1.29, 1.82) is 0 Å². The number of carbonyl (C=O) groups excluding carboxylic acids is 2. The van der Waals surface area contributed by atoms with Crippen LogP contribution in [0.5, 0.6) is 5.75 Å². The molecule has 0 aliphatic carbocycles. The number of ether oxygens (including phenoxy) is 2. The van der Waals surface area contributed by atoms with Crippen LogP contribution in [0.1, 0.15) is 48.5 Å². The molecule has 1 saturated heterocycles. The summed E-state index contributed by atoms with van der Waals surface area (Å²) in [5.41, 5.74) is 0.590. The van der Waals surface area contributed by atoms with Gasteiger partial charge in [-0.15, -0.1) is 0 Å². The Kier molecular flexibility index (Phi) is 5.67. The summed E-state index contributed by atoms with van der Waals surface area (Å²) in [5.74, 6) is -1.01. The van der Waals surface area contributed by atoms with Gasteiger partial charge in [0.05, 0.1) is 18.5 Å². The summed E-state index contributed by atoms with van der Waals surface area (Å²) in [6.07, 6.45) is 8.23. The van der Waals surface area contributed by atoms with Crippen molar-refractivity contribution < 1.29 is 19.1 Å². The third-order valence-corrected chi connectivity index (χ3v) is 5.76. The van der Waals surface area contributed by atoms with Crippen LogP contribution in [0.2, 0.25) is 0 Å². The molecule has 7 heteroatoms. The molecule has 7 nitrogen and oxygen atoms in total. The molecule has 3 heterocycles. The highest BCUT2D eigenvalue weighted by molar-refractivity contribution is 6.12. The fourth-order valence-corrected chi connectivity index (χ4v) is 4.18. The van der Waals surface area contributed by atoms with E-state index in [-0.39, 0.29) is 5.78 Å². The fourth-order valence-electron chi connectivity index (χ4n) is 4.18. The Morgan fingerprint density at radius 3 is 2.93 bits per heavy atom. The normalized spacial score (nSPS) is 20.2. The highest BCUT2D eigenvalue weighted by atomic mass is 16.5. The molecule has 1 N–H and O–H groups in total. The van der Waals surface area contributed by atoms with Crippen LogP contribution < -0.4 is 10.1 Å². The number of aromatic nitrogens is 2. The van der Waals surface area contributed by atoms with Crippen LogP contribution in [-0.2, 0) is 16.1 Å². The number of Topliss-reactive ketones (excluding diaryl/α,β-unsaturated/α-hetero) is 1. The SMILES string of the molecule is CCCCOC(=O)C1C(=O)c2cc(Cn3ccnc3)ccc2OC12CCNCC2. The van der Waals surface area contributed by atoms with Gasteiger partial charge in [-0.25, -0.2) is 4.98 Å². The van der Waals surface area contributed by atoms with Crippen LogP contribution in [0.3, 0.4) is 0 Å². The summed E-state index contributed by atoms with van der Waals surface area (Å²) in [6.45, 7) is 4.39. The molecule has 1 aromatic carbocycles. The third-order valence-electron chi connectivity index (χ3n) is 5.76. The average Bonchev–Trinajstić information content (AvgIpc) is 3.22. The van der Waals surface area contributed by atoms with E-state index in [0.29, 0.717) is 50.4 Å². The Balaban J connectivity index is 1.65. The van der Waals surface area contributed by atoms with E-state index in [0.717, 1.165) is 18.4 Å². The second-order valence-corrected chi connectivity index (χ2v) is 7.80. The number of fused-ring (bicyclic) bond motifs is 1. The highest BCUT2D eigenvalue weighted by Crippen LogP contribution is 2.43. The van der Waals surface area contributed by atoms with Gasteiger partial charge in [0.2, 0.25) is 0 Å². The largest absolute Gasteiger partial charge is 0.485 e. The molecule has 1 spiro atoms. The predicted octanol–water partition coefficient (Wildman–Crippen LogP) is 2.59. The van der Waals surface area contributed by atoms with Crippen molar-refractivity contribution in [2.75, 3.05) is 19.7 Å². The second-order valence-electron chi connectivity index (χ2n) is 7.80. The molecular formula is C22H27N3O4. The first-order chi connectivity index (χ1) is 14.1. The third kappa shape index (κ3) is 3.92. The van der Waals surface area contributed by atoms with Gasteiger partial charge >= 0.3 is 5.97 Å². The lowest BCUT2D eigenvalue weighted by atomic mass is 9.73. The maximum absolute atomic E-state index is 13.5. The molecule has 4 rings (SSSR count). The van der Waals surface area contributed by atoms with Crippen molar-refractivity contribution in [2.45, 2.75) is 44.8 Å². The Morgan fingerprint density at radius 2 is 2.21 bits per heavy atom. The summed E-state index contributed by atoms with van der Waals surface area (Å²) >= 11 is 0. The number of esters is 1. The molecule has 1 fully saturated rings. The number of ketones is 1. The van der Waals surface area contributed by atoms with Crippen LogP contribution in [0.15, 0.2) is 36.9 Å². The first-order valence-corrected chi connectivity index (χ1v) is 10.3. The number of nitrogens with one attached hydrogen (secondary N) is 1. The van der Waals surface area contributed by atoms with E-state index in [4.69, 9.17) is 9.47 Å². The van der Waals surface area contributed by atoms with E-state index in [1.54, 1.807) is 12.5 Å². The first-order valence-electron chi connectivity index (χ1n) is 10.3. The quantitative estimate of drug-likeness (QED) is 0.458. The molecule has 2 aromatic rings. The number of nitrogens with zero attached hydrogens (tertiary/aromatic N) is 2. The number of benzene rings is 1. The Labute approximate surface area is 170 Å². The smallest absolute Gasteiger partial charge is 0.321 e. The van der Waals surface area contributed by atoms with Crippen molar-refractivity contribution >= 4 is 11.8 Å². The molecule has 0 radical (unpaired) electrons. The lowest BCUT2D eigenvalue weighted by Gasteiger charge is -2.45. The monoisotopic (exact) mass is 397 g/mol. The van der Waals surface area contributed by atoms with Crippen molar-refractivity contribution in [1.82, 2.24) is 14.9 Å². The van der Waals surface area contributed by atoms with Gasteiger partial charge in [0.15, 0.2) is 11.7 Å². The molecule has 0 amide bonds. The maximum Gasteiger partial charge on any atom is 0.321 e. The van der Waals surface area contributed by atoms with Crippen molar-refractivity contribution in [3.63, 3.8) is 0 Å². The van der Waals surface area contributed by atoms with Crippen LogP contribution in [0.4, 0.5) is 0 Å². The van der Waals surface area contributed by atoms with Crippen molar-refractivity contribution in [2.24, 2.45) is 5.92 Å². The van der Waals surface area contributed by atoms with Gasteiger partial charge in [-0.1, -0.05) is 19.4 Å². The van der Waals surface area contributed by atoms with Gasteiger partial charge in [0.25, 0.3) is 0 Å². The Bertz CT molecular complexity index is 872. The van der Waals surface area contributed by atoms with Crippen LogP contribution in [0, 0.1) is 5.92 Å². The number of hydrogen-bond acceptors (Lipinski definition) is 6. The van der Waals surface area contributed by atoms with Gasteiger partial charge in [-0.3, -0.25) is 9.59 Å².